The molecule has 0 aromatic carbocycles. The Morgan fingerprint density at radius 2 is 1.24 bits per heavy atom. The van der Waals surface area contributed by atoms with Gasteiger partial charge in [0.1, 0.15) is 0 Å². The van der Waals surface area contributed by atoms with Gasteiger partial charge in [0.05, 0.1) is 27.7 Å². The third-order valence-corrected chi connectivity index (χ3v) is 8.03. The van der Waals surface area contributed by atoms with Gasteiger partial charge in [0, 0.05) is 6.42 Å². The number of hydrogen-bond donors (Lipinski definition) is 1. The van der Waals surface area contributed by atoms with E-state index in [0.717, 1.165) is 12.8 Å². The molecule has 5 heteroatoms. The number of nitrogens with zero attached hydrogens (tertiary/aromatic N) is 1. The van der Waals surface area contributed by atoms with Crippen molar-refractivity contribution in [3.63, 3.8) is 0 Å². The maximum absolute atomic E-state index is 12.5. The lowest BCUT2D eigenvalue weighted by molar-refractivity contribution is -0.883. The van der Waals surface area contributed by atoms with Crippen molar-refractivity contribution in [1.29, 1.82) is 0 Å². The molecule has 0 aromatic rings. The molecule has 0 aliphatic rings. The Bertz CT molecular complexity index is 446. The summed E-state index contributed by atoms with van der Waals surface area (Å²) in [6.07, 6.45) is 23.1. The topological polar surface area (TPSA) is 46.5 Å². The molecule has 174 valence electrons. The number of hydrogen-bond acceptors (Lipinski definition) is 2. The minimum atomic E-state index is -3.54. The molecule has 2 unspecified atom stereocenters. The first kappa shape index (κ1) is 28.9. The van der Waals surface area contributed by atoms with Crippen molar-refractivity contribution in [2.45, 2.75) is 116 Å². The summed E-state index contributed by atoms with van der Waals surface area (Å²) < 4.78 is 18.3. The molecule has 0 spiro atoms. The second-order valence-electron chi connectivity index (χ2n) is 9.36. The summed E-state index contributed by atoms with van der Waals surface area (Å²) in [6, 6.07) is 0. The van der Waals surface area contributed by atoms with Gasteiger partial charge in [-0.3, -0.25) is 4.57 Å². The predicted octanol–water partition coefficient (Wildman–Crippen LogP) is 7.67. The summed E-state index contributed by atoms with van der Waals surface area (Å²) in [6.45, 7) is 4.45. The molecule has 2 atom stereocenters. The largest absolute Gasteiger partial charge is 0.385 e. The molecular weight excluding hydrogens is 381 g/mol. The highest BCUT2D eigenvalue weighted by atomic mass is 31.2. The summed E-state index contributed by atoms with van der Waals surface area (Å²) in [7, 11) is 2.31. The Morgan fingerprint density at radius 1 is 0.828 bits per heavy atom. The fourth-order valence-electron chi connectivity index (χ4n) is 3.97. The Kier molecular flexibility index (Phi) is 17.4. The summed E-state index contributed by atoms with van der Waals surface area (Å²) >= 11 is 0. The summed E-state index contributed by atoms with van der Waals surface area (Å²) in [4.78, 5) is 10.3. The third-order valence-electron chi connectivity index (χ3n) is 5.66. The zero-order chi connectivity index (χ0) is 22.0. The normalized spacial score (nSPS) is 15.7. The average molecular weight is 433 g/mol. The van der Waals surface area contributed by atoms with Gasteiger partial charge in [-0.1, -0.05) is 89.7 Å². The molecule has 0 aliphatic carbocycles. The first-order valence-electron chi connectivity index (χ1n) is 12.1. The van der Waals surface area contributed by atoms with Gasteiger partial charge in [-0.2, -0.15) is 0 Å². The zero-order valence-electron chi connectivity index (χ0n) is 20.2. The second-order valence-corrected chi connectivity index (χ2v) is 11.3. The minimum absolute atomic E-state index is 0.347. The van der Waals surface area contributed by atoms with Crippen molar-refractivity contribution >= 4 is 7.60 Å². The van der Waals surface area contributed by atoms with Crippen LogP contribution in [0.3, 0.4) is 0 Å². The molecule has 4 nitrogen and oxygen atoms in total. The fourth-order valence-corrected chi connectivity index (χ4v) is 5.87. The van der Waals surface area contributed by atoms with Crippen LogP contribution in [0.5, 0.6) is 0 Å². The molecule has 0 fully saturated rings. The van der Waals surface area contributed by atoms with Gasteiger partial charge in [0.15, 0.2) is 5.78 Å². The summed E-state index contributed by atoms with van der Waals surface area (Å²) in [5.41, 5.74) is 0. The molecule has 29 heavy (non-hydrogen) atoms. The zero-order valence-corrected chi connectivity index (χ0v) is 21.1. The molecule has 0 radical (unpaired) electrons. The predicted molar refractivity (Wildman–Crippen MR) is 127 cm³/mol. The standard InChI is InChI=1S/C24H50NO3P/c1-6-8-9-10-11-12-13-14-15-16-17-18-19-20-21-22-23-28-29(26,27)24(7-2)25(3,4)5/h6,8,24H,7,9-23H2,1-5H3/p+1. The first-order valence-corrected chi connectivity index (χ1v) is 13.8. The van der Waals surface area contributed by atoms with Gasteiger partial charge in [0.25, 0.3) is 0 Å². The molecule has 0 heterocycles. The lowest BCUT2D eigenvalue weighted by Gasteiger charge is -2.35. The quantitative estimate of drug-likeness (QED) is 0.0929. The van der Waals surface area contributed by atoms with E-state index in [1.54, 1.807) is 0 Å². The molecule has 0 aromatic heterocycles. The van der Waals surface area contributed by atoms with Gasteiger partial charge in [-0.05, 0) is 26.2 Å². The average Bonchev–Trinajstić information content (AvgIpc) is 2.63. The van der Waals surface area contributed by atoms with E-state index in [1.165, 1.54) is 77.0 Å². The van der Waals surface area contributed by atoms with Crippen LogP contribution in [0.4, 0.5) is 0 Å². The van der Waals surface area contributed by atoms with E-state index in [0.29, 0.717) is 17.5 Å². The van der Waals surface area contributed by atoms with E-state index < -0.39 is 7.60 Å². The van der Waals surface area contributed by atoms with Crippen molar-refractivity contribution in [2.75, 3.05) is 27.7 Å². The van der Waals surface area contributed by atoms with Crippen LogP contribution in [0.1, 0.15) is 110 Å². The van der Waals surface area contributed by atoms with Gasteiger partial charge in [-0.25, -0.2) is 0 Å². The third kappa shape index (κ3) is 16.2. The second kappa shape index (κ2) is 17.5. The Hall–Kier alpha value is -0.150. The van der Waals surface area contributed by atoms with Crippen molar-refractivity contribution in [2.24, 2.45) is 0 Å². The van der Waals surface area contributed by atoms with Crippen molar-refractivity contribution in [1.82, 2.24) is 0 Å². The van der Waals surface area contributed by atoms with Crippen LogP contribution in [0.25, 0.3) is 0 Å². The van der Waals surface area contributed by atoms with Crippen molar-refractivity contribution in [3.8, 4) is 0 Å². The van der Waals surface area contributed by atoms with Gasteiger partial charge in [-0.15, -0.1) is 0 Å². The monoisotopic (exact) mass is 432 g/mol. The lowest BCUT2D eigenvalue weighted by Crippen LogP contribution is -2.44. The van der Waals surface area contributed by atoms with Crippen LogP contribution in [0, 0.1) is 0 Å². The molecule has 1 N–H and O–H groups in total. The number of allylic oxidation sites excluding steroid dienone is 2. The van der Waals surface area contributed by atoms with Gasteiger partial charge < -0.3 is 13.9 Å². The SMILES string of the molecule is CC=CCCCCCCCCCCCCCCCOP(=O)(O)C(CC)[N+](C)(C)C. The van der Waals surface area contributed by atoms with Gasteiger partial charge in [0.2, 0.25) is 0 Å². The van der Waals surface area contributed by atoms with Crippen molar-refractivity contribution in [3.05, 3.63) is 12.2 Å². The van der Waals surface area contributed by atoms with Crippen LogP contribution in [0.2, 0.25) is 0 Å². The van der Waals surface area contributed by atoms with E-state index in [1.807, 2.05) is 28.1 Å². The summed E-state index contributed by atoms with van der Waals surface area (Å²) in [5.74, 6) is -0.347. The van der Waals surface area contributed by atoms with E-state index >= 15 is 0 Å². The molecule has 0 rings (SSSR count). The van der Waals surface area contributed by atoms with Crippen LogP contribution in [-0.4, -0.2) is 42.9 Å². The van der Waals surface area contributed by atoms with Crippen molar-refractivity contribution < 1.29 is 18.5 Å². The Labute approximate surface area is 182 Å². The summed E-state index contributed by atoms with van der Waals surface area (Å²) in [5, 5.41) is 0. The van der Waals surface area contributed by atoms with Crippen LogP contribution in [-0.2, 0) is 9.09 Å². The maximum Gasteiger partial charge on any atom is 0.385 e. The number of quaternary nitrogens is 1. The fraction of sp³-hybridized carbons (Fsp3) is 0.917. The van der Waals surface area contributed by atoms with E-state index in [2.05, 4.69) is 19.1 Å². The van der Waals surface area contributed by atoms with E-state index in [4.69, 9.17) is 4.52 Å². The Morgan fingerprint density at radius 3 is 1.62 bits per heavy atom. The molecule has 0 bridgehead atoms. The highest BCUT2D eigenvalue weighted by Gasteiger charge is 2.41. The van der Waals surface area contributed by atoms with Crippen LogP contribution in [0.15, 0.2) is 12.2 Å². The maximum atomic E-state index is 12.5. The van der Waals surface area contributed by atoms with Gasteiger partial charge >= 0.3 is 7.60 Å². The number of unbranched alkanes of at least 4 members (excludes halogenated alkanes) is 13. The van der Waals surface area contributed by atoms with E-state index in [9.17, 15) is 9.46 Å². The molecular formula is C24H51NO3P+. The number of rotatable bonds is 20. The first-order chi connectivity index (χ1) is 13.8. The highest BCUT2D eigenvalue weighted by molar-refractivity contribution is 7.53. The minimum Gasteiger partial charge on any atom is -0.320 e. The van der Waals surface area contributed by atoms with E-state index in [-0.39, 0.29) is 5.78 Å². The van der Waals surface area contributed by atoms with Crippen LogP contribution >= 0.6 is 7.60 Å². The lowest BCUT2D eigenvalue weighted by atomic mass is 10.0. The molecule has 0 saturated carbocycles. The molecule has 0 aliphatic heterocycles. The molecule has 0 amide bonds. The smallest absolute Gasteiger partial charge is 0.320 e. The van der Waals surface area contributed by atoms with Crippen LogP contribution < -0.4 is 0 Å². The highest BCUT2D eigenvalue weighted by Crippen LogP contribution is 2.51. The Balaban J connectivity index is 3.46. The molecule has 0 saturated heterocycles.